The van der Waals surface area contributed by atoms with Gasteiger partial charge in [0.05, 0.1) is 12.0 Å². The van der Waals surface area contributed by atoms with Crippen molar-refractivity contribution in [1.82, 2.24) is 9.62 Å². The van der Waals surface area contributed by atoms with Crippen LogP contribution >= 0.6 is 0 Å². The van der Waals surface area contributed by atoms with Gasteiger partial charge in [0.25, 0.3) is 0 Å². The number of alkyl halides is 3. The minimum Gasteiger partial charge on any atom is -0.468 e. The van der Waals surface area contributed by atoms with Crippen LogP contribution in [0, 0.1) is 0 Å². The van der Waals surface area contributed by atoms with Crippen molar-refractivity contribution in [3.05, 3.63) is 30.3 Å². The van der Waals surface area contributed by atoms with Crippen molar-refractivity contribution in [3.63, 3.8) is 0 Å². The van der Waals surface area contributed by atoms with Gasteiger partial charge in [0.2, 0.25) is 10.0 Å². The number of piperazine rings is 1. The molecule has 1 aliphatic rings. The van der Waals surface area contributed by atoms with Gasteiger partial charge < -0.3 is 4.74 Å². The van der Waals surface area contributed by atoms with Crippen LogP contribution in [0.5, 0.6) is 0 Å². The normalized spacial score (nSPS) is 23.5. The van der Waals surface area contributed by atoms with Gasteiger partial charge in [0.1, 0.15) is 12.1 Å². The summed E-state index contributed by atoms with van der Waals surface area (Å²) in [6, 6.07) is 3.55. The number of methoxy groups -OCH3 is 1. The molecule has 0 aliphatic carbocycles. The fraction of sp³-hybridized carbons (Fsp3) is 0.462. The van der Waals surface area contributed by atoms with Crippen molar-refractivity contribution in [2.75, 3.05) is 20.2 Å². The number of rotatable bonds is 3. The number of nitrogens with one attached hydrogen (secondary N) is 1. The maximum absolute atomic E-state index is 13.0. The molecule has 0 aromatic heterocycles. The van der Waals surface area contributed by atoms with Crippen LogP contribution in [0.4, 0.5) is 13.2 Å². The van der Waals surface area contributed by atoms with E-state index in [4.69, 9.17) is 0 Å². The van der Waals surface area contributed by atoms with E-state index < -0.39 is 47.3 Å². The SMILES string of the molecule is COC(=O)C1CN(S(=O)(=O)c2ccccc2)CC(C(F)(F)F)N1. The maximum Gasteiger partial charge on any atom is 0.405 e. The van der Waals surface area contributed by atoms with Gasteiger partial charge in [-0.05, 0) is 12.1 Å². The van der Waals surface area contributed by atoms with Gasteiger partial charge in [-0.2, -0.15) is 17.5 Å². The van der Waals surface area contributed by atoms with E-state index in [9.17, 15) is 26.4 Å². The first kappa shape index (κ1) is 17.7. The van der Waals surface area contributed by atoms with E-state index in [1.54, 1.807) is 6.07 Å². The highest BCUT2D eigenvalue weighted by molar-refractivity contribution is 7.89. The number of nitrogens with zero attached hydrogens (tertiary/aromatic N) is 1. The number of hydrogen-bond acceptors (Lipinski definition) is 5. The summed E-state index contributed by atoms with van der Waals surface area (Å²) in [6.07, 6.45) is -4.70. The van der Waals surface area contributed by atoms with E-state index in [1.165, 1.54) is 24.3 Å². The largest absolute Gasteiger partial charge is 0.468 e. The highest BCUT2D eigenvalue weighted by Gasteiger charge is 2.48. The lowest BCUT2D eigenvalue weighted by atomic mass is 10.1. The third-order valence-corrected chi connectivity index (χ3v) is 5.28. The molecule has 0 bridgehead atoms. The topological polar surface area (TPSA) is 75.7 Å². The average Bonchev–Trinajstić information content (AvgIpc) is 2.53. The molecule has 1 heterocycles. The standard InChI is InChI=1S/C13H15F3N2O4S/c1-22-12(19)10-7-18(8-11(17-10)13(14,15)16)23(20,21)9-5-3-2-4-6-9/h2-6,10-11,17H,7-8H2,1H3. The third kappa shape index (κ3) is 3.82. The van der Waals surface area contributed by atoms with E-state index in [0.717, 1.165) is 7.11 Å². The zero-order chi connectivity index (χ0) is 17.3. The van der Waals surface area contributed by atoms with Crippen molar-refractivity contribution in [3.8, 4) is 0 Å². The lowest BCUT2D eigenvalue weighted by molar-refractivity contribution is -0.169. The molecule has 0 saturated carbocycles. The monoisotopic (exact) mass is 352 g/mol. The summed E-state index contributed by atoms with van der Waals surface area (Å²) < 4.78 is 69.1. The number of carbonyl (C=O) groups excluding carboxylic acids is 1. The first-order valence-corrected chi connectivity index (χ1v) is 8.06. The Morgan fingerprint density at radius 3 is 2.39 bits per heavy atom. The summed E-state index contributed by atoms with van der Waals surface area (Å²) >= 11 is 0. The predicted octanol–water partition coefficient (Wildman–Crippen LogP) is 0.753. The lowest BCUT2D eigenvalue weighted by Gasteiger charge is -2.37. The Labute approximate surface area is 131 Å². The highest BCUT2D eigenvalue weighted by Crippen LogP contribution is 2.27. The van der Waals surface area contributed by atoms with Crippen LogP contribution in [-0.2, 0) is 19.6 Å². The molecular weight excluding hydrogens is 337 g/mol. The maximum atomic E-state index is 13.0. The summed E-state index contributed by atoms with van der Waals surface area (Å²) in [5.74, 6) is -0.952. The molecule has 6 nitrogen and oxygen atoms in total. The summed E-state index contributed by atoms with van der Waals surface area (Å²) in [7, 11) is -3.12. The Morgan fingerprint density at radius 1 is 1.26 bits per heavy atom. The molecular formula is C13H15F3N2O4S. The summed E-state index contributed by atoms with van der Waals surface area (Å²) in [5.41, 5.74) is 0. The number of benzene rings is 1. The molecule has 1 aliphatic heterocycles. The molecule has 1 N–H and O–H groups in total. The van der Waals surface area contributed by atoms with Crippen molar-refractivity contribution < 1.29 is 31.1 Å². The quantitative estimate of drug-likeness (QED) is 0.813. The van der Waals surface area contributed by atoms with E-state index in [0.29, 0.717) is 4.31 Å². The molecule has 23 heavy (non-hydrogen) atoms. The van der Waals surface area contributed by atoms with Crippen LogP contribution < -0.4 is 5.32 Å². The van der Waals surface area contributed by atoms with Gasteiger partial charge in [0.15, 0.2) is 0 Å². The fourth-order valence-electron chi connectivity index (χ4n) is 2.25. The highest BCUT2D eigenvalue weighted by atomic mass is 32.2. The lowest BCUT2D eigenvalue weighted by Crippen LogP contribution is -2.64. The van der Waals surface area contributed by atoms with Crippen LogP contribution in [0.15, 0.2) is 35.2 Å². The first-order valence-electron chi connectivity index (χ1n) is 6.62. The molecule has 2 atom stereocenters. The van der Waals surface area contributed by atoms with Gasteiger partial charge >= 0.3 is 12.1 Å². The van der Waals surface area contributed by atoms with Gasteiger partial charge in [-0.15, -0.1) is 0 Å². The molecule has 0 amide bonds. The van der Waals surface area contributed by atoms with Crippen LogP contribution in [0.3, 0.4) is 0 Å². The van der Waals surface area contributed by atoms with Gasteiger partial charge in [-0.25, -0.2) is 8.42 Å². The van der Waals surface area contributed by atoms with E-state index >= 15 is 0 Å². The van der Waals surface area contributed by atoms with Crippen LogP contribution in [0.2, 0.25) is 0 Å². The molecule has 2 unspecified atom stereocenters. The van der Waals surface area contributed by atoms with Crippen molar-refractivity contribution in [1.29, 1.82) is 0 Å². The smallest absolute Gasteiger partial charge is 0.405 e. The Hall–Kier alpha value is -1.65. The molecule has 1 fully saturated rings. The summed E-state index contributed by atoms with van der Waals surface area (Å²) in [6.45, 7) is -1.25. The minimum absolute atomic E-state index is 0.133. The Bertz CT molecular complexity index is 664. The van der Waals surface area contributed by atoms with Crippen LogP contribution in [0.1, 0.15) is 0 Å². The molecule has 10 heteroatoms. The number of halogens is 3. The second-order valence-electron chi connectivity index (χ2n) is 4.97. The zero-order valence-electron chi connectivity index (χ0n) is 12.1. The number of hydrogen-bond donors (Lipinski definition) is 1. The second-order valence-corrected chi connectivity index (χ2v) is 6.91. The van der Waals surface area contributed by atoms with Gasteiger partial charge in [-0.1, -0.05) is 18.2 Å². The summed E-state index contributed by atoms with van der Waals surface area (Å²) in [4.78, 5) is 11.4. The molecule has 2 rings (SSSR count). The number of carbonyl (C=O) groups is 1. The van der Waals surface area contributed by atoms with E-state index in [2.05, 4.69) is 10.1 Å². The van der Waals surface area contributed by atoms with Gasteiger partial charge in [0, 0.05) is 13.1 Å². The Morgan fingerprint density at radius 2 is 1.87 bits per heavy atom. The van der Waals surface area contributed by atoms with Crippen molar-refractivity contribution >= 4 is 16.0 Å². The van der Waals surface area contributed by atoms with Crippen LogP contribution in [-0.4, -0.2) is 57.2 Å². The predicted molar refractivity (Wildman–Crippen MR) is 74.0 cm³/mol. The van der Waals surface area contributed by atoms with Crippen molar-refractivity contribution in [2.45, 2.75) is 23.2 Å². The number of esters is 1. The zero-order valence-corrected chi connectivity index (χ0v) is 12.9. The van der Waals surface area contributed by atoms with E-state index in [-0.39, 0.29) is 4.90 Å². The molecule has 0 spiro atoms. The molecule has 128 valence electrons. The molecule has 0 radical (unpaired) electrons. The van der Waals surface area contributed by atoms with Crippen LogP contribution in [0.25, 0.3) is 0 Å². The fourth-order valence-corrected chi connectivity index (χ4v) is 3.74. The minimum atomic E-state index is -4.70. The first-order chi connectivity index (χ1) is 10.7. The number of ether oxygens (including phenoxy) is 1. The van der Waals surface area contributed by atoms with E-state index in [1.807, 2.05) is 0 Å². The van der Waals surface area contributed by atoms with Gasteiger partial charge in [-0.3, -0.25) is 10.1 Å². The third-order valence-electron chi connectivity index (χ3n) is 3.44. The summed E-state index contributed by atoms with van der Waals surface area (Å²) in [5, 5.41) is 2.09. The number of sulfonamides is 1. The average molecular weight is 352 g/mol. The Kier molecular flexibility index (Phi) is 4.97. The second kappa shape index (κ2) is 6.46. The molecule has 1 aromatic rings. The Balaban J connectivity index is 2.35. The molecule has 1 aromatic carbocycles. The van der Waals surface area contributed by atoms with Crippen molar-refractivity contribution in [2.24, 2.45) is 0 Å². The molecule has 1 saturated heterocycles.